The highest BCUT2D eigenvalue weighted by Gasteiger charge is 1.94. The van der Waals surface area contributed by atoms with Gasteiger partial charge in [0.25, 0.3) is 0 Å². The number of hydrogen-bond acceptors (Lipinski definition) is 2. The van der Waals surface area contributed by atoms with Crippen molar-refractivity contribution in [3.8, 4) is 0 Å². The van der Waals surface area contributed by atoms with Gasteiger partial charge in [-0.2, -0.15) is 0 Å². The summed E-state index contributed by atoms with van der Waals surface area (Å²) in [7, 11) is 8.52. The molecule has 0 N–H and O–H groups in total. The van der Waals surface area contributed by atoms with Gasteiger partial charge in [-0.25, -0.2) is 0 Å². The van der Waals surface area contributed by atoms with E-state index in [1.54, 1.807) is 0 Å². The highest BCUT2D eigenvalue weighted by molar-refractivity contribution is 4.49. The van der Waals surface area contributed by atoms with Crippen molar-refractivity contribution < 1.29 is 0 Å². The molecule has 0 aromatic carbocycles. The molecule has 118 valence electrons. The lowest BCUT2D eigenvalue weighted by molar-refractivity contribution is 0.378. The van der Waals surface area contributed by atoms with E-state index < -0.39 is 0 Å². The number of nitrogens with zero attached hydrogens (tertiary/aromatic N) is 2. The van der Waals surface area contributed by atoms with Gasteiger partial charge in [0.15, 0.2) is 0 Å². The van der Waals surface area contributed by atoms with Gasteiger partial charge in [-0.1, -0.05) is 40.5 Å². The minimum Gasteiger partial charge on any atom is -0.309 e. The van der Waals surface area contributed by atoms with Crippen molar-refractivity contribution in [3.63, 3.8) is 0 Å². The summed E-state index contributed by atoms with van der Waals surface area (Å²) in [6, 6.07) is 0. The first-order valence-corrected chi connectivity index (χ1v) is 8.05. The van der Waals surface area contributed by atoms with Crippen molar-refractivity contribution >= 4 is 0 Å². The predicted octanol–water partition coefficient (Wildman–Crippen LogP) is 4.36. The molecule has 0 aromatic heterocycles. The summed E-state index contributed by atoms with van der Waals surface area (Å²) in [4.78, 5) is 4.49. The SMILES string of the molecule is CC(C)CCCCN(C)C.CC(C)CCCN(C)C. The standard InChI is InChI=1S/C9H21N.C8H19N/c1-9(2)7-5-6-8-10(3)4;1-8(2)6-5-7-9(3)4/h9H,5-8H2,1-4H3;8H,5-7H2,1-4H3. The minimum atomic E-state index is 0.866. The van der Waals surface area contributed by atoms with Gasteiger partial charge in [-0.05, 0) is 72.4 Å². The van der Waals surface area contributed by atoms with Crippen LogP contribution in [0.4, 0.5) is 0 Å². The smallest absolute Gasteiger partial charge is 0.00247 e. The first-order chi connectivity index (χ1) is 8.75. The Hall–Kier alpha value is -0.0800. The van der Waals surface area contributed by atoms with Gasteiger partial charge in [0.2, 0.25) is 0 Å². The van der Waals surface area contributed by atoms with Gasteiger partial charge in [0.1, 0.15) is 0 Å². The predicted molar refractivity (Wildman–Crippen MR) is 89.9 cm³/mol. The molecule has 0 aromatic rings. The summed E-state index contributed by atoms with van der Waals surface area (Å²) in [6.07, 6.45) is 6.82. The van der Waals surface area contributed by atoms with E-state index in [-0.39, 0.29) is 0 Å². The monoisotopic (exact) mass is 272 g/mol. The van der Waals surface area contributed by atoms with Crippen LogP contribution in [-0.4, -0.2) is 51.1 Å². The van der Waals surface area contributed by atoms with E-state index in [0.717, 1.165) is 11.8 Å². The van der Waals surface area contributed by atoms with Crippen molar-refractivity contribution in [1.29, 1.82) is 0 Å². The molecule has 0 atom stereocenters. The topological polar surface area (TPSA) is 6.48 Å². The first-order valence-electron chi connectivity index (χ1n) is 8.05. The molecule has 0 heterocycles. The van der Waals surface area contributed by atoms with Crippen LogP contribution in [0, 0.1) is 11.8 Å². The van der Waals surface area contributed by atoms with Crippen LogP contribution >= 0.6 is 0 Å². The molecular formula is C17H40N2. The average Bonchev–Trinajstić information content (AvgIpc) is 2.23. The Morgan fingerprint density at radius 2 is 0.947 bits per heavy atom. The summed E-state index contributed by atoms with van der Waals surface area (Å²) in [5.74, 6) is 1.74. The largest absolute Gasteiger partial charge is 0.309 e. The third-order valence-electron chi connectivity index (χ3n) is 3.02. The molecule has 0 spiro atoms. The van der Waals surface area contributed by atoms with E-state index in [9.17, 15) is 0 Å². The van der Waals surface area contributed by atoms with Gasteiger partial charge in [-0.15, -0.1) is 0 Å². The third-order valence-corrected chi connectivity index (χ3v) is 3.02. The van der Waals surface area contributed by atoms with Crippen LogP contribution in [0.1, 0.15) is 59.8 Å². The average molecular weight is 273 g/mol. The highest BCUT2D eigenvalue weighted by Crippen LogP contribution is 2.05. The van der Waals surface area contributed by atoms with E-state index in [4.69, 9.17) is 0 Å². The Bertz CT molecular complexity index is 145. The maximum atomic E-state index is 2.29. The van der Waals surface area contributed by atoms with Gasteiger partial charge in [0.05, 0.1) is 0 Å². The second-order valence-electron chi connectivity index (χ2n) is 7.03. The molecule has 0 saturated carbocycles. The fourth-order valence-electron chi connectivity index (χ4n) is 1.80. The van der Waals surface area contributed by atoms with E-state index in [1.807, 2.05) is 0 Å². The van der Waals surface area contributed by atoms with Crippen molar-refractivity contribution in [2.45, 2.75) is 59.8 Å². The highest BCUT2D eigenvalue weighted by atomic mass is 15.0. The molecule has 0 rings (SSSR count). The fraction of sp³-hybridized carbons (Fsp3) is 1.00. The normalized spacial score (nSPS) is 11.4. The fourth-order valence-corrected chi connectivity index (χ4v) is 1.80. The Morgan fingerprint density at radius 1 is 0.579 bits per heavy atom. The zero-order valence-corrected chi connectivity index (χ0v) is 15.0. The second-order valence-corrected chi connectivity index (χ2v) is 7.03. The number of rotatable bonds is 9. The summed E-state index contributed by atoms with van der Waals surface area (Å²) in [5, 5.41) is 0. The van der Waals surface area contributed by atoms with Gasteiger partial charge in [-0.3, -0.25) is 0 Å². The molecule has 0 radical (unpaired) electrons. The summed E-state index contributed by atoms with van der Waals surface area (Å²) in [6.45, 7) is 11.6. The zero-order chi connectivity index (χ0) is 15.3. The molecule has 0 saturated heterocycles. The lowest BCUT2D eigenvalue weighted by atomic mass is 10.1. The second kappa shape index (κ2) is 14.3. The molecule has 0 unspecified atom stereocenters. The molecular weight excluding hydrogens is 232 g/mol. The van der Waals surface area contributed by atoms with Crippen LogP contribution in [0.3, 0.4) is 0 Å². The lowest BCUT2D eigenvalue weighted by Crippen LogP contribution is -2.13. The quantitative estimate of drug-likeness (QED) is 0.575. The molecule has 2 heteroatoms. The van der Waals surface area contributed by atoms with E-state index in [1.165, 1.54) is 45.2 Å². The molecule has 0 aliphatic rings. The molecule has 2 nitrogen and oxygen atoms in total. The summed E-state index contributed by atoms with van der Waals surface area (Å²) in [5.41, 5.74) is 0. The van der Waals surface area contributed by atoms with Gasteiger partial charge < -0.3 is 9.80 Å². The van der Waals surface area contributed by atoms with Crippen molar-refractivity contribution in [3.05, 3.63) is 0 Å². The molecule has 19 heavy (non-hydrogen) atoms. The van der Waals surface area contributed by atoms with E-state index in [2.05, 4.69) is 65.7 Å². The molecule has 0 bridgehead atoms. The van der Waals surface area contributed by atoms with Crippen molar-refractivity contribution in [2.24, 2.45) is 11.8 Å². The molecule has 0 fully saturated rings. The lowest BCUT2D eigenvalue weighted by Gasteiger charge is -2.09. The van der Waals surface area contributed by atoms with Crippen molar-refractivity contribution in [2.75, 3.05) is 41.3 Å². The van der Waals surface area contributed by atoms with Gasteiger partial charge >= 0.3 is 0 Å². The van der Waals surface area contributed by atoms with Crippen LogP contribution in [0.5, 0.6) is 0 Å². The van der Waals surface area contributed by atoms with Crippen LogP contribution in [0.25, 0.3) is 0 Å². The summed E-state index contributed by atoms with van der Waals surface area (Å²) < 4.78 is 0. The van der Waals surface area contributed by atoms with Crippen LogP contribution in [-0.2, 0) is 0 Å². The Kier molecular flexibility index (Phi) is 16.0. The van der Waals surface area contributed by atoms with E-state index >= 15 is 0 Å². The Morgan fingerprint density at radius 3 is 1.32 bits per heavy atom. The third kappa shape index (κ3) is 27.2. The van der Waals surface area contributed by atoms with Crippen LogP contribution in [0.15, 0.2) is 0 Å². The Balaban J connectivity index is 0. The van der Waals surface area contributed by atoms with Gasteiger partial charge in [0, 0.05) is 0 Å². The minimum absolute atomic E-state index is 0.866. The molecule has 0 aliphatic heterocycles. The number of hydrogen-bond donors (Lipinski definition) is 0. The zero-order valence-electron chi connectivity index (χ0n) is 15.0. The molecule has 0 amide bonds. The number of unbranched alkanes of at least 4 members (excludes halogenated alkanes) is 1. The molecule has 0 aliphatic carbocycles. The van der Waals surface area contributed by atoms with Crippen LogP contribution < -0.4 is 0 Å². The van der Waals surface area contributed by atoms with Crippen LogP contribution in [0.2, 0.25) is 0 Å². The maximum Gasteiger partial charge on any atom is -0.00247 e. The summed E-state index contributed by atoms with van der Waals surface area (Å²) >= 11 is 0. The first kappa shape index (κ1) is 21.2. The maximum absolute atomic E-state index is 2.29. The Labute approximate surface area is 123 Å². The van der Waals surface area contributed by atoms with Crippen molar-refractivity contribution in [1.82, 2.24) is 9.80 Å². The van der Waals surface area contributed by atoms with E-state index in [0.29, 0.717) is 0 Å².